The molecule has 0 radical (unpaired) electrons. The predicted octanol–water partition coefficient (Wildman–Crippen LogP) is 4.24. The number of carbonyl (C=O) groups excluding carboxylic acids is 1. The lowest BCUT2D eigenvalue weighted by Crippen LogP contribution is -2.35. The standard InChI is InChI=1S/C26H29NO4/c1-17-4-6-19(7-5-17)14-22(28)16-21-15-20-8-9-24(18(2)25(20)31-26(21)29)30-23-10-12-27(3)13-11-23/h4-9,15,23H,10-14,16H2,1-3H3. The third kappa shape index (κ3) is 5.05. The van der Waals surface area contributed by atoms with Gasteiger partial charge < -0.3 is 14.1 Å². The summed E-state index contributed by atoms with van der Waals surface area (Å²) in [5.74, 6) is 0.753. The number of ether oxygens (including phenoxy) is 1. The molecule has 0 aliphatic carbocycles. The maximum absolute atomic E-state index is 12.6. The molecule has 1 aromatic heterocycles. The number of piperidine rings is 1. The SMILES string of the molecule is Cc1ccc(CC(=O)Cc2cc3ccc(OC4CCN(C)CC4)c(C)c3oc2=O)cc1. The van der Waals surface area contributed by atoms with E-state index in [-0.39, 0.29) is 18.3 Å². The lowest BCUT2D eigenvalue weighted by molar-refractivity contribution is -0.117. The van der Waals surface area contributed by atoms with Gasteiger partial charge in [-0.3, -0.25) is 4.79 Å². The van der Waals surface area contributed by atoms with Gasteiger partial charge in [-0.1, -0.05) is 29.8 Å². The quantitative estimate of drug-likeness (QED) is 0.560. The van der Waals surface area contributed by atoms with Gasteiger partial charge in [-0.25, -0.2) is 4.79 Å². The van der Waals surface area contributed by atoms with Crippen molar-refractivity contribution in [2.75, 3.05) is 20.1 Å². The Kier molecular flexibility index (Phi) is 6.23. The molecule has 1 saturated heterocycles. The average Bonchev–Trinajstić information content (AvgIpc) is 2.74. The topological polar surface area (TPSA) is 59.8 Å². The molecule has 162 valence electrons. The minimum atomic E-state index is -0.454. The summed E-state index contributed by atoms with van der Waals surface area (Å²) in [5, 5.41) is 0.811. The normalized spacial score (nSPS) is 15.3. The first kappa shape index (κ1) is 21.3. The molecule has 2 aromatic carbocycles. The molecule has 3 aromatic rings. The molecule has 1 fully saturated rings. The van der Waals surface area contributed by atoms with Crippen LogP contribution < -0.4 is 10.4 Å². The number of fused-ring (bicyclic) bond motifs is 1. The monoisotopic (exact) mass is 419 g/mol. The van der Waals surface area contributed by atoms with E-state index >= 15 is 0 Å². The molecule has 4 rings (SSSR count). The van der Waals surface area contributed by atoms with Crippen LogP contribution in [-0.4, -0.2) is 36.9 Å². The summed E-state index contributed by atoms with van der Waals surface area (Å²) < 4.78 is 11.9. The van der Waals surface area contributed by atoms with Gasteiger partial charge in [0.1, 0.15) is 23.2 Å². The highest BCUT2D eigenvalue weighted by molar-refractivity contribution is 5.86. The molecule has 1 aliphatic heterocycles. The number of benzene rings is 2. The second-order valence-electron chi connectivity index (χ2n) is 8.66. The number of aryl methyl sites for hydroxylation is 2. The summed E-state index contributed by atoms with van der Waals surface area (Å²) in [5.41, 5.74) is 3.40. The van der Waals surface area contributed by atoms with Gasteiger partial charge in [-0.05, 0) is 57.5 Å². The lowest BCUT2D eigenvalue weighted by Gasteiger charge is -2.29. The second kappa shape index (κ2) is 9.06. The predicted molar refractivity (Wildman–Crippen MR) is 122 cm³/mol. The Balaban J connectivity index is 1.51. The van der Waals surface area contributed by atoms with Crippen LogP contribution in [0.25, 0.3) is 11.0 Å². The fraction of sp³-hybridized carbons (Fsp3) is 0.385. The van der Waals surface area contributed by atoms with Crippen molar-refractivity contribution in [1.29, 1.82) is 0 Å². The Hall–Kier alpha value is -2.92. The number of nitrogens with zero attached hydrogens (tertiary/aromatic N) is 1. The summed E-state index contributed by atoms with van der Waals surface area (Å²) in [6.07, 6.45) is 2.52. The van der Waals surface area contributed by atoms with Crippen molar-refractivity contribution in [3.05, 3.63) is 75.1 Å². The van der Waals surface area contributed by atoms with Gasteiger partial charge in [0.15, 0.2) is 0 Å². The maximum atomic E-state index is 12.6. The minimum Gasteiger partial charge on any atom is -0.490 e. The van der Waals surface area contributed by atoms with Crippen molar-refractivity contribution in [3.63, 3.8) is 0 Å². The average molecular weight is 420 g/mol. The van der Waals surface area contributed by atoms with Gasteiger partial charge in [-0.2, -0.15) is 0 Å². The van der Waals surface area contributed by atoms with Gasteiger partial charge in [0, 0.05) is 42.4 Å². The van der Waals surface area contributed by atoms with Crippen molar-refractivity contribution in [3.8, 4) is 5.75 Å². The molecule has 0 spiro atoms. The van der Waals surface area contributed by atoms with E-state index in [1.807, 2.05) is 50.2 Å². The van der Waals surface area contributed by atoms with Crippen LogP contribution in [0, 0.1) is 13.8 Å². The minimum absolute atomic E-state index is 0.00514. The number of likely N-dealkylation sites (tertiary alicyclic amines) is 1. The number of carbonyl (C=O) groups is 1. The van der Waals surface area contributed by atoms with Crippen LogP contribution in [-0.2, 0) is 17.6 Å². The molecule has 0 amide bonds. The largest absolute Gasteiger partial charge is 0.490 e. The fourth-order valence-electron chi connectivity index (χ4n) is 4.09. The third-order valence-electron chi connectivity index (χ3n) is 6.04. The molecule has 31 heavy (non-hydrogen) atoms. The van der Waals surface area contributed by atoms with Crippen molar-refractivity contribution < 1.29 is 13.9 Å². The van der Waals surface area contributed by atoms with Crippen LogP contribution in [0.1, 0.15) is 35.1 Å². The number of rotatable bonds is 6. The number of ketones is 1. The highest BCUT2D eigenvalue weighted by atomic mass is 16.5. The number of Topliss-reactive ketones (excluding diaryl/α,β-unsaturated/α-hetero) is 1. The molecule has 1 aliphatic rings. The Morgan fingerprint density at radius 2 is 1.77 bits per heavy atom. The Morgan fingerprint density at radius 1 is 1.06 bits per heavy atom. The van der Waals surface area contributed by atoms with E-state index in [2.05, 4.69) is 11.9 Å². The summed E-state index contributed by atoms with van der Waals surface area (Å²) in [7, 11) is 2.12. The van der Waals surface area contributed by atoms with E-state index in [0.29, 0.717) is 17.6 Å². The van der Waals surface area contributed by atoms with E-state index in [1.165, 1.54) is 0 Å². The summed E-state index contributed by atoms with van der Waals surface area (Å²) >= 11 is 0. The Morgan fingerprint density at radius 3 is 2.48 bits per heavy atom. The van der Waals surface area contributed by atoms with Crippen LogP contribution >= 0.6 is 0 Å². The van der Waals surface area contributed by atoms with Gasteiger partial charge in [0.2, 0.25) is 0 Å². The maximum Gasteiger partial charge on any atom is 0.339 e. The van der Waals surface area contributed by atoms with Crippen LogP contribution in [0.2, 0.25) is 0 Å². The van der Waals surface area contributed by atoms with Gasteiger partial charge in [-0.15, -0.1) is 0 Å². The van der Waals surface area contributed by atoms with Crippen molar-refractivity contribution in [2.24, 2.45) is 0 Å². The zero-order chi connectivity index (χ0) is 22.0. The lowest BCUT2D eigenvalue weighted by atomic mass is 10.0. The smallest absolute Gasteiger partial charge is 0.339 e. The molecular weight excluding hydrogens is 390 g/mol. The second-order valence-corrected chi connectivity index (χ2v) is 8.66. The fourth-order valence-corrected chi connectivity index (χ4v) is 4.09. The first-order chi connectivity index (χ1) is 14.9. The van der Waals surface area contributed by atoms with Crippen molar-refractivity contribution in [1.82, 2.24) is 4.90 Å². The van der Waals surface area contributed by atoms with Crippen LogP contribution in [0.3, 0.4) is 0 Å². The summed E-state index contributed by atoms with van der Waals surface area (Å²) in [6.45, 7) is 5.97. The molecule has 2 heterocycles. The molecule has 0 N–H and O–H groups in total. The third-order valence-corrected chi connectivity index (χ3v) is 6.04. The van der Waals surface area contributed by atoms with Gasteiger partial charge in [0.05, 0.1) is 0 Å². The number of hydrogen-bond acceptors (Lipinski definition) is 5. The molecule has 0 bridgehead atoms. The molecule has 0 unspecified atom stereocenters. The number of hydrogen-bond donors (Lipinski definition) is 0. The summed E-state index contributed by atoms with van der Waals surface area (Å²) in [6, 6.07) is 13.5. The molecule has 5 nitrogen and oxygen atoms in total. The van der Waals surface area contributed by atoms with E-state index < -0.39 is 5.63 Å². The summed E-state index contributed by atoms with van der Waals surface area (Å²) in [4.78, 5) is 27.4. The van der Waals surface area contributed by atoms with E-state index in [1.54, 1.807) is 6.07 Å². The highest BCUT2D eigenvalue weighted by Gasteiger charge is 2.20. The van der Waals surface area contributed by atoms with Gasteiger partial charge in [0.25, 0.3) is 0 Å². The Bertz CT molecular complexity index is 1140. The Labute approximate surface area is 182 Å². The molecule has 5 heteroatoms. The molecule has 0 atom stereocenters. The van der Waals surface area contributed by atoms with E-state index in [9.17, 15) is 9.59 Å². The van der Waals surface area contributed by atoms with Crippen LogP contribution in [0.5, 0.6) is 5.75 Å². The van der Waals surface area contributed by atoms with E-state index in [4.69, 9.17) is 9.15 Å². The van der Waals surface area contributed by atoms with Crippen LogP contribution in [0.4, 0.5) is 0 Å². The van der Waals surface area contributed by atoms with Crippen molar-refractivity contribution in [2.45, 2.75) is 45.6 Å². The van der Waals surface area contributed by atoms with Crippen molar-refractivity contribution >= 4 is 16.8 Å². The molecule has 0 saturated carbocycles. The zero-order valence-electron chi connectivity index (χ0n) is 18.4. The first-order valence-electron chi connectivity index (χ1n) is 10.9. The first-order valence-corrected chi connectivity index (χ1v) is 10.9. The zero-order valence-corrected chi connectivity index (χ0v) is 18.4. The highest BCUT2D eigenvalue weighted by Crippen LogP contribution is 2.29. The molecular formula is C26H29NO4. The van der Waals surface area contributed by atoms with Gasteiger partial charge >= 0.3 is 5.63 Å². The van der Waals surface area contributed by atoms with E-state index in [0.717, 1.165) is 53.8 Å². The van der Waals surface area contributed by atoms with Crippen LogP contribution in [0.15, 0.2) is 51.7 Å².